The van der Waals surface area contributed by atoms with Gasteiger partial charge in [0.15, 0.2) is 17.3 Å². The Bertz CT molecular complexity index is 1090. The Hall–Kier alpha value is -3.74. The molecule has 2 aromatic carbocycles. The maximum atomic E-state index is 13.8. The highest BCUT2D eigenvalue weighted by Gasteiger charge is 2.35. The number of carbonyl (C=O) groups excluding carboxylic acids is 2. The fourth-order valence-electron chi connectivity index (χ4n) is 4.45. The van der Waals surface area contributed by atoms with Crippen molar-refractivity contribution in [3.63, 3.8) is 0 Å². The number of hydrogen-bond acceptors (Lipinski definition) is 5. The molecule has 1 fully saturated rings. The minimum absolute atomic E-state index is 0.104. The first kappa shape index (κ1) is 23.4. The van der Waals surface area contributed by atoms with Crippen LogP contribution in [0.1, 0.15) is 53.4 Å². The van der Waals surface area contributed by atoms with Gasteiger partial charge in [-0.2, -0.15) is 0 Å². The van der Waals surface area contributed by atoms with Gasteiger partial charge in [0.25, 0.3) is 5.91 Å². The third-order valence-electron chi connectivity index (χ3n) is 6.17. The van der Waals surface area contributed by atoms with E-state index in [2.05, 4.69) is 5.32 Å². The molecule has 1 heterocycles. The highest BCUT2D eigenvalue weighted by Crippen LogP contribution is 2.34. The molecule has 0 radical (unpaired) electrons. The molecule has 0 bridgehead atoms. The van der Waals surface area contributed by atoms with Crippen LogP contribution in [0.25, 0.3) is 0 Å². The molecule has 1 atom stereocenters. The topological polar surface area (TPSA) is 81.0 Å². The molecular weight excluding hydrogens is 432 g/mol. The van der Waals surface area contributed by atoms with E-state index in [1.54, 1.807) is 49.5 Å². The van der Waals surface area contributed by atoms with E-state index >= 15 is 0 Å². The van der Waals surface area contributed by atoms with Crippen LogP contribution < -0.4 is 14.8 Å². The highest BCUT2D eigenvalue weighted by molar-refractivity contribution is 5.96. The first-order valence-corrected chi connectivity index (χ1v) is 11.5. The van der Waals surface area contributed by atoms with Crippen LogP contribution >= 0.6 is 0 Å². The first-order chi connectivity index (χ1) is 16.6. The van der Waals surface area contributed by atoms with Crippen molar-refractivity contribution in [2.45, 2.75) is 44.3 Å². The van der Waals surface area contributed by atoms with Gasteiger partial charge in [0.2, 0.25) is 5.91 Å². The quantitative estimate of drug-likeness (QED) is 0.497. The number of methoxy groups -OCH3 is 2. The number of carbonyl (C=O) groups is 2. The van der Waals surface area contributed by atoms with Gasteiger partial charge in [0.05, 0.1) is 20.5 Å². The minimum Gasteiger partial charge on any atom is -0.493 e. The van der Waals surface area contributed by atoms with Crippen LogP contribution in [0.3, 0.4) is 0 Å². The number of benzene rings is 2. The van der Waals surface area contributed by atoms with Gasteiger partial charge in [-0.15, -0.1) is 0 Å². The van der Waals surface area contributed by atoms with Gasteiger partial charge in [0.1, 0.15) is 6.04 Å². The number of amides is 2. The second-order valence-electron chi connectivity index (χ2n) is 8.40. The Morgan fingerprint density at radius 1 is 1.00 bits per heavy atom. The van der Waals surface area contributed by atoms with Gasteiger partial charge in [-0.05, 0) is 48.2 Å². The predicted molar refractivity (Wildman–Crippen MR) is 128 cm³/mol. The molecule has 2 amide bonds. The van der Waals surface area contributed by atoms with Crippen LogP contribution in [0.2, 0.25) is 0 Å². The largest absolute Gasteiger partial charge is 0.493 e. The van der Waals surface area contributed by atoms with E-state index in [9.17, 15) is 9.59 Å². The van der Waals surface area contributed by atoms with Crippen LogP contribution in [0.5, 0.6) is 11.5 Å². The molecule has 0 saturated heterocycles. The molecule has 0 aliphatic heterocycles. The van der Waals surface area contributed by atoms with E-state index in [-0.39, 0.29) is 30.2 Å². The Balaban J connectivity index is 1.77. The van der Waals surface area contributed by atoms with Crippen LogP contribution in [0.15, 0.2) is 71.3 Å². The normalized spacial score (nSPS) is 14.4. The summed E-state index contributed by atoms with van der Waals surface area (Å²) in [6.07, 6.45) is 5.51. The SMILES string of the molecule is COc1ccc([C@@H](C(=O)NC2CCCC2)N(Cc2ccccc2)C(=O)c2ccco2)cc1OC. The van der Waals surface area contributed by atoms with E-state index in [4.69, 9.17) is 13.9 Å². The molecule has 7 heteroatoms. The second kappa shape index (κ2) is 10.9. The van der Waals surface area contributed by atoms with Gasteiger partial charge in [-0.3, -0.25) is 9.59 Å². The Morgan fingerprint density at radius 2 is 1.74 bits per heavy atom. The summed E-state index contributed by atoms with van der Waals surface area (Å²) in [7, 11) is 3.11. The van der Waals surface area contributed by atoms with Crippen molar-refractivity contribution in [3.8, 4) is 11.5 Å². The number of rotatable bonds is 9. The molecule has 178 valence electrons. The molecule has 1 N–H and O–H groups in total. The summed E-state index contributed by atoms with van der Waals surface area (Å²) in [5, 5.41) is 3.17. The molecule has 1 aliphatic rings. The summed E-state index contributed by atoms with van der Waals surface area (Å²) < 4.78 is 16.3. The summed E-state index contributed by atoms with van der Waals surface area (Å²) in [6, 6.07) is 17.4. The van der Waals surface area contributed by atoms with Gasteiger partial charge >= 0.3 is 0 Å². The molecule has 1 aromatic heterocycles. The minimum atomic E-state index is -0.891. The third-order valence-corrected chi connectivity index (χ3v) is 6.17. The number of ether oxygens (including phenoxy) is 2. The maximum Gasteiger partial charge on any atom is 0.290 e. The van der Waals surface area contributed by atoms with E-state index in [0.717, 1.165) is 31.2 Å². The summed E-state index contributed by atoms with van der Waals surface area (Å²) in [5.41, 5.74) is 1.53. The lowest BCUT2D eigenvalue weighted by atomic mass is 10.0. The zero-order chi connectivity index (χ0) is 23.9. The average molecular weight is 463 g/mol. The van der Waals surface area contributed by atoms with Crippen molar-refractivity contribution in [1.82, 2.24) is 10.2 Å². The monoisotopic (exact) mass is 462 g/mol. The molecule has 34 heavy (non-hydrogen) atoms. The number of hydrogen-bond donors (Lipinski definition) is 1. The zero-order valence-electron chi connectivity index (χ0n) is 19.5. The van der Waals surface area contributed by atoms with Crippen molar-refractivity contribution in [2.75, 3.05) is 14.2 Å². The third kappa shape index (κ3) is 5.25. The van der Waals surface area contributed by atoms with Crippen molar-refractivity contribution < 1.29 is 23.5 Å². The molecule has 1 aliphatic carbocycles. The molecule has 4 rings (SSSR count). The lowest BCUT2D eigenvalue weighted by Crippen LogP contribution is -2.45. The maximum absolute atomic E-state index is 13.8. The van der Waals surface area contributed by atoms with Crippen molar-refractivity contribution in [1.29, 1.82) is 0 Å². The lowest BCUT2D eigenvalue weighted by molar-refractivity contribution is -0.126. The molecular formula is C27H30N2O5. The second-order valence-corrected chi connectivity index (χ2v) is 8.40. The zero-order valence-corrected chi connectivity index (χ0v) is 19.5. The standard InChI is InChI=1S/C27H30N2O5/c1-32-22-15-14-20(17-24(22)33-2)25(26(30)28-21-11-6-7-12-21)29(18-19-9-4-3-5-10-19)27(31)23-13-8-16-34-23/h3-5,8-10,13-17,21,25H,6-7,11-12,18H2,1-2H3,(H,28,30)/t25-/m0/s1. The van der Waals surface area contributed by atoms with E-state index in [1.165, 1.54) is 6.26 Å². The Kier molecular flexibility index (Phi) is 7.52. The molecule has 3 aromatic rings. The van der Waals surface area contributed by atoms with E-state index in [0.29, 0.717) is 17.1 Å². The van der Waals surface area contributed by atoms with Crippen LogP contribution in [0, 0.1) is 0 Å². The van der Waals surface area contributed by atoms with Crippen LogP contribution in [0.4, 0.5) is 0 Å². The van der Waals surface area contributed by atoms with Crippen molar-refractivity contribution in [3.05, 3.63) is 83.8 Å². The molecule has 0 spiro atoms. The van der Waals surface area contributed by atoms with Crippen molar-refractivity contribution in [2.24, 2.45) is 0 Å². The molecule has 1 saturated carbocycles. The van der Waals surface area contributed by atoms with Gasteiger partial charge < -0.3 is 24.1 Å². The Morgan fingerprint density at radius 3 is 2.38 bits per heavy atom. The predicted octanol–water partition coefficient (Wildman–Crippen LogP) is 4.74. The van der Waals surface area contributed by atoms with Gasteiger partial charge in [-0.25, -0.2) is 0 Å². The van der Waals surface area contributed by atoms with Crippen LogP contribution in [-0.4, -0.2) is 37.0 Å². The Labute approximate surface area is 199 Å². The van der Waals surface area contributed by atoms with Gasteiger partial charge in [0, 0.05) is 12.6 Å². The number of nitrogens with one attached hydrogen (secondary N) is 1. The fraction of sp³-hybridized carbons (Fsp3) is 0.333. The summed E-state index contributed by atoms with van der Waals surface area (Å²) >= 11 is 0. The molecule has 7 nitrogen and oxygen atoms in total. The van der Waals surface area contributed by atoms with E-state index < -0.39 is 6.04 Å². The highest BCUT2D eigenvalue weighted by atomic mass is 16.5. The van der Waals surface area contributed by atoms with E-state index in [1.807, 2.05) is 30.3 Å². The average Bonchev–Trinajstić information content (AvgIpc) is 3.58. The lowest BCUT2D eigenvalue weighted by Gasteiger charge is -2.32. The number of furan rings is 1. The smallest absolute Gasteiger partial charge is 0.290 e. The number of nitrogens with zero attached hydrogens (tertiary/aromatic N) is 1. The molecule has 0 unspecified atom stereocenters. The summed E-state index contributed by atoms with van der Waals surface area (Å²) in [5.74, 6) is 0.622. The van der Waals surface area contributed by atoms with Crippen LogP contribution in [-0.2, 0) is 11.3 Å². The summed E-state index contributed by atoms with van der Waals surface area (Å²) in [6.45, 7) is 0.234. The first-order valence-electron chi connectivity index (χ1n) is 11.5. The fourth-order valence-corrected chi connectivity index (χ4v) is 4.45. The summed E-state index contributed by atoms with van der Waals surface area (Å²) in [4.78, 5) is 28.9. The van der Waals surface area contributed by atoms with Crippen molar-refractivity contribution >= 4 is 11.8 Å². The van der Waals surface area contributed by atoms with Gasteiger partial charge in [-0.1, -0.05) is 49.2 Å².